The maximum atomic E-state index is 10.9. The molecule has 0 amide bonds. The van der Waals surface area contributed by atoms with E-state index in [1.54, 1.807) is 0 Å². The maximum Gasteiger partial charge on any atom is 0.339 e. The molecule has 5 heteroatoms. The minimum absolute atomic E-state index is 0.190. The molecule has 1 aromatic heterocycles. The van der Waals surface area contributed by atoms with Crippen LogP contribution in [-0.4, -0.2) is 11.1 Å². The molecule has 0 fully saturated rings. The molecule has 94 valence electrons. The van der Waals surface area contributed by atoms with Crippen molar-refractivity contribution in [1.29, 1.82) is 0 Å². The average Bonchev–Trinajstić information content (AvgIpc) is 2.79. The number of furan rings is 1. The first-order valence-corrected chi connectivity index (χ1v) is 6.17. The summed E-state index contributed by atoms with van der Waals surface area (Å²) in [5.41, 5.74) is 2.22. The first kappa shape index (κ1) is 12.7. The first-order chi connectivity index (χ1) is 8.58. The van der Waals surface area contributed by atoms with Crippen LogP contribution in [0.1, 0.15) is 21.7 Å². The normalized spacial score (nSPS) is 10.3. The Kier molecular flexibility index (Phi) is 3.72. The van der Waals surface area contributed by atoms with E-state index in [1.165, 1.54) is 12.3 Å². The van der Waals surface area contributed by atoms with Crippen LogP contribution in [0.2, 0.25) is 0 Å². The zero-order chi connectivity index (χ0) is 13.1. The Labute approximate surface area is 113 Å². The van der Waals surface area contributed by atoms with E-state index in [-0.39, 0.29) is 5.56 Å². The van der Waals surface area contributed by atoms with Crippen LogP contribution in [0.15, 0.2) is 39.4 Å². The molecule has 2 rings (SSSR count). The fraction of sp³-hybridized carbons (Fsp3) is 0.154. The number of carboxylic acids is 1. The zero-order valence-corrected chi connectivity index (χ0v) is 11.3. The summed E-state index contributed by atoms with van der Waals surface area (Å²) in [4.78, 5) is 10.9. The van der Waals surface area contributed by atoms with E-state index in [9.17, 15) is 4.79 Å². The lowest BCUT2D eigenvalue weighted by Crippen LogP contribution is -2.05. The van der Waals surface area contributed by atoms with Gasteiger partial charge < -0.3 is 14.8 Å². The molecule has 0 radical (unpaired) electrons. The highest BCUT2D eigenvalue weighted by molar-refractivity contribution is 9.10. The van der Waals surface area contributed by atoms with E-state index < -0.39 is 5.97 Å². The van der Waals surface area contributed by atoms with Crippen LogP contribution in [0.3, 0.4) is 0 Å². The van der Waals surface area contributed by atoms with Gasteiger partial charge in [0.15, 0.2) is 0 Å². The molecule has 0 unspecified atom stereocenters. The third kappa shape index (κ3) is 2.73. The van der Waals surface area contributed by atoms with Crippen molar-refractivity contribution in [2.24, 2.45) is 0 Å². The van der Waals surface area contributed by atoms with Crippen LogP contribution in [-0.2, 0) is 6.54 Å². The van der Waals surface area contributed by atoms with E-state index in [1.807, 2.05) is 25.1 Å². The largest absolute Gasteiger partial charge is 0.478 e. The van der Waals surface area contributed by atoms with Gasteiger partial charge in [-0.3, -0.25) is 0 Å². The Morgan fingerprint density at radius 2 is 2.22 bits per heavy atom. The molecule has 0 spiro atoms. The summed E-state index contributed by atoms with van der Waals surface area (Å²) in [5.74, 6) is -0.562. The molecule has 0 saturated heterocycles. The topological polar surface area (TPSA) is 62.5 Å². The van der Waals surface area contributed by atoms with Crippen LogP contribution in [0.4, 0.5) is 5.69 Å². The predicted octanol–water partition coefficient (Wildman–Crippen LogP) is 3.66. The van der Waals surface area contributed by atoms with Gasteiger partial charge >= 0.3 is 5.97 Å². The minimum atomic E-state index is -0.980. The van der Waals surface area contributed by atoms with E-state index >= 15 is 0 Å². The average molecular weight is 310 g/mol. The van der Waals surface area contributed by atoms with Crippen LogP contribution >= 0.6 is 15.9 Å². The van der Waals surface area contributed by atoms with Crippen LogP contribution in [0.25, 0.3) is 0 Å². The highest BCUT2D eigenvalue weighted by atomic mass is 79.9. The van der Waals surface area contributed by atoms with Gasteiger partial charge in [-0.2, -0.15) is 0 Å². The summed E-state index contributed by atoms with van der Waals surface area (Å²) >= 11 is 3.40. The SMILES string of the molecule is Cc1ccc(Br)cc1NCc1occc1C(=O)O. The van der Waals surface area contributed by atoms with Gasteiger partial charge in [0.1, 0.15) is 11.3 Å². The summed E-state index contributed by atoms with van der Waals surface area (Å²) < 4.78 is 6.13. The van der Waals surface area contributed by atoms with Crippen molar-refractivity contribution in [3.8, 4) is 0 Å². The number of hydrogen-bond acceptors (Lipinski definition) is 3. The third-order valence-corrected chi connectivity index (χ3v) is 3.11. The van der Waals surface area contributed by atoms with Crippen molar-refractivity contribution in [2.75, 3.05) is 5.32 Å². The minimum Gasteiger partial charge on any atom is -0.478 e. The Hall–Kier alpha value is -1.75. The predicted molar refractivity (Wildman–Crippen MR) is 71.9 cm³/mol. The summed E-state index contributed by atoms with van der Waals surface area (Å²) in [5, 5.41) is 12.1. The molecular formula is C13H12BrNO3. The molecule has 2 aromatic rings. The number of hydrogen-bond donors (Lipinski definition) is 2. The summed E-state index contributed by atoms with van der Waals surface area (Å²) in [6, 6.07) is 7.33. The van der Waals surface area contributed by atoms with Crippen LogP contribution in [0, 0.1) is 6.92 Å². The van der Waals surface area contributed by atoms with E-state index in [4.69, 9.17) is 9.52 Å². The molecule has 1 heterocycles. The highest BCUT2D eigenvalue weighted by Crippen LogP contribution is 2.22. The zero-order valence-electron chi connectivity index (χ0n) is 9.74. The number of rotatable bonds is 4. The summed E-state index contributed by atoms with van der Waals surface area (Å²) in [6.45, 7) is 2.32. The second-order valence-corrected chi connectivity index (χ2v) is 4.79. The van der Waals surface area contributed by atoms with Gasteiger partial charge in [0.25, 0.3) is 0 Å². The lowest BCUT2D eigenvalue weighted by molar-refractivity contribution is 0.0694. The number of carboxylic acid groups (broad SMARTS) is 1. The third-order valence-electron chi connectivity index (χ3n) is 2.61. The number of halogens is 1. The number of aryl methyl sites for hydroxylation is 1. The quantitative estimate of drug-likeness (QED) is 0.904. The summed E-state index contributed by atoms with van der Waals surface area (Å²) in [6.07, 6.45) is 1.38. The summed E-state index contributed by atoms with van der Waals surface area (Å²) in [7, 11) is 0. The fourth-order valence-electron chi connectivity index (χ4n) is 1.63. The van der Waals surface area contributed by atoms with Crippen molar-refractivity contribution in [2.45, 2.75) is 13.5 Å². The van der Waals surface area contributed by atoms with Crippen molar-refractivity contribution >= 4 is 27.6 Å². The first-order valence-electron chi connectivity index (χ1n) is 5.37. The van der Waals surface area contributed by atoms with Gasteiger partial charge in [0.05, 0.1) is 12.8 Å². The number of aromatic carboxylic acids is 1. The smallest absolute Gasteiger partial charge is 0.339 e. The van der Waals surface area contributed by atoms with Crippen LogP contribution in [0.5, 0.6) is 0 Å². The molecular weight excluding hydrogens is 298 g/mol. The number of benzene rings is 1. The number of nitrogens with one attached hydrogen (secondary N) is 1. The molecule has 0 atom stereocenters. The second-order valence-electron chi connectivity index (χ2n) is 3.88. The molecule has 1 aromatic carbocycles. The number of anilines is 1. The highest BCUT2D eigenvalue weighted by Gasteiger charge is 2.13. The molecule has 0 bridgehead atoms. The molecule has 18 heavy (non-hydrogen) atoms. The van der Waals surface area contributed by atoms with Crippen molar-refractivity contribution < 1.29 is 14.3 Å². The molecule has 4 nitrogen and oxygen atoms in total. The maximum absolute atomic E-state index is 10.9. The second kappa shape index (κ2) is 5.27. The molecule has 0 saturated carbocycles. The van der Waals surface area contributed by atoms with E-state index in [0.29, 0.717) is 12.3 Å². The Morgan fingerprint density at radius 1 is 1.44 bits per heavy atom. The van der Waals surface area contributed by atoms with Gasteiger partial charge in [-0.25, -0.2) is 4.79 Å². The molecule has 0 aliphatic carbocycles. The molecule has 0 aliphatic rings. The van der Waals surface area contributed by atoms with Gasteiger partial charge in [-0.15, -0.1) is 0 Å². The Bertz CT molecular complexity index is 577. The lowest BCUT2D eigenvalue weighted by atomic mass is 10.2. The Morgan fingerprint density at radius 3 is 2.94 bits per heavy atom. The Balaban J connectivity index is 2.14. The standard InChI is InChI=1S/C13H12BrNO3/c1-8-2-3-9(14)6-11(8)15-7-12-10(13(16)17)4-5-18-12/h2-6,15H,7H2,1H3,(H,16,17). The number of carbonyl (C=O) groups is 1. The van der Waals surface area contributed by atoms with Crippen LogP contribution < -0.4 is 5.32 Å². The molecule has 0 aliphatic heterocycles. The van der Waals surface area contributed by atoms with Gasteiger partial charge in [-0.05, 0) is 30.7 Å². The monoisotopic (exact) mass is 309 g/mol. The van der Waals surface area contributed by atoms with Gasteiger partial charge in [-0.1, -0.05) is 22.0 Å². The van der Waals surface area contributed by atoms with Crippen molar-refractivity contribution in [3.63, 3.8) is 0 Å². The van der Waals surface area contributed by atoms with E-state index in [2.05, 4.69) is 21.2 Å². The van der Waals surface area contributed by atoms with Gasteiger partial charge in [0, 0.05) is 10.2 Å². The van der Waals surface area contributed by atoms with Crippen molar-refractivity contribution in [1.82, 2.24) is 0 Å². The van der Waals surface area contributed by atoms with E-state index in [0.717, 1.165) is 15.7 Å². The van der Waals surface area contributed by atoms with Crippen molar-refractivity contribution in [3.05, 3.63) is 51.9 Å². The van der Waals surface area contributed by atoms with Gasteiger partial charge in [0.2, 0.25) is 0 Å². The fourth-order valence-corrected chi connectivity index (χ4v) is 1.99. The molecule has 2 N–H and O–H groups in total. The lowest BCUT2D eigenvalue weighted by Gasteiger charge is -2.09.